The number of carbonyl (C=O) groups is 1. The van der Waals surface area contributed by atoms with Crippen molar-refractivity contribution in [1.29, 1.82) is 0 Å². The van der Waals surface area contributed by atoms with Crippen molar-refractivity contribution in [3.8, 4) is 0 Å². The zero-order chi connectivity index (χ0) is 11.3. The van der Waals surface area contributed by atoms with Crippen LogP contribution in [-0.4, -0.2) is 18.2 Å². The fourth-order valence-corrected chi connectivity index (χ4v) is 1.56. The van der Waals surface area contributed by atoms with E-state index in [1.807, 2.05) is 24.3 Å². The Morgan fingerprint density at radius 2 is 2.20 bits per heavy atom. The SMILES string of the molecule is C[C@@H]([C]=O)NC(=O)Cc1ccccc1Br. The summed E-state index contributed by atoms with van der Waals surface area (Å²) in [4.78, 5) is 21.6. The molecule has 0 fully saturated rings. The fourth-order valence-electron chi connectivity index (χ4n) is 1.14. The van der Waals surface area contributed by atoms with Crippen molar-refractivity contribution in [2.24, 2.45) is 0 Å². The highest BCUT2D eigenvalue weighted by Gasteiger charge is 2.09. The number of amides is 1. The second-order valence-electron chi connectivity index (χ2n) is 3.18. The summed E-state index contributed by atoms with van der Waals surface area (Å²) in [6.07, 6.45) is 1.96. The molecule has 1 aromatic rings. The number of rotatable bonds is 4. The zero-order valence-corrected chi connectivity index (χ0v) is 9.87. The van der Waals surface area contributed by atoms with E-state index in [9.17, 15) is 9.59 Å². The van der Waals surface area contributed by atoms with Crippen molar-refractivity contribution in [3.63, 3.8) is 0 Å². The van der Waals surface area contributed by atoms with Crippen LogP contribution < -0.4 is 5.32 Å². The van der Waals surface area contributed by atoms with Gasteiger partial charge in [0.25, 0.3) is 0 Å². The first-order chi connectivity index (χ1) is 7.13. The Morgan fingerprint density at radius 1 is 1.53 bits per heavy atom. The van der Waals surface area contributed by atoms with E-state index in [0.29, 0.717) is 0 Å². The topological polar surface area (TPSA) is 46.2 Å². The maximum Gasteiger partial charge on any atom is 0.225 e. The molecule has 0 aliphatic carbocycles. The Bertz CT molecular complexity index is 365. The second-order valence-corrected chi connectivity index (χ2v) is 4.03. The van der Waals surface area contributed by atoms with Gasteiger partial charge in [-0.15, -0.1) is 0 Å². The van der Waals surface area contributed by atoms with Crippen LogP contribution in [0.2, 0.25) is 0 Å². The van der Waals surface area contributed by atoms with Crippen molar-refractivity contribution < 1.29 is 9.59 Å². The number of hydrogen-bond donors (Lipinski definition) is 1. The third kappa shape index (κ3) is 3.83. The van der Waals surface area contributed by atoms with Crippen molar-refractivity contribution in [2.75, 3.05) is 0 Å². The van der Waals surface area contributed by atoms with E-state index in [1.165, 1.54) is 0 Å². The first kappa shape index (κ1) is 11.9. The molecular weight excluding hydrogens is 258 g/mol. The molecule has 0 bridgehead atoms. The highest BCUT2D eigenvalue weighted by Crippen LogP contribution is 2.16. The molecule has 0 saturated heterocycles. The molecular formula is C11H11BrNO2. The smallest absolute Gasteiger partial charge is 0.225 e. The molecule has 1 N–H and O–H groups in total. The molecule has 4 heteroatoms. The van der Waals surface area contributed by atoms with Gasteiger partial charge < -0.3 is 5.32 Å². The van der Waals surface area contributed by atoms with Crippen LogP contribution in [-0.2, 0) is 16.0 Å². The molecule has 15 heavy (non-hydrogen) atoms. The van der Waals surface area contributed by atoms with Crippen molar-refractivity contribution in [2.45, 2.75) is 19.4 Å². The van der Waals surface area contributed by atoms with Crippen molar-refractivity contribution >= 4 is 28.1 Å². The predicted octanol–water partition coefficient (Wildman–Crippen LogP) is 1.61. The van der Waals surface area contributed by atoms with Crippen LogP contribution in [0.1, 0.15) is 12.5 Å². The first-order valence-electron chi connectivity index (χ1n) is 4.54. The van der Waals surface area contributed by atoms with Crippen LogP contribution >= 0.6 is 15.9 Å². The Labute approximate surface area is 97.0 Å². The highest BCUT2D eigenvalue weighted by molar-refractivity contribution is 9.10. The van der Waals surface area contributed by atoms with Gasteiger partial charge in [-0.1, -0.05) is 34.1 Å². The summed E-state index contributed by atoms with van der Waals surface area (Å²) in [5.41, 5.74) is 0.896. The molecule has 0 aliphatic heterocycles. The van der Waals surface area contributed by atoms with Gasteiger partial charge in [-0.25, -0.2) is 0 Å². The molecule has 0 aliphatic rings. The van der Waals surface area contributed by atoms with Gasteiger partial charge in [0.2, 0.25) is 12.2 Å². The van der Waals surface area contributed by atoms with Gasteiger partial charge in [0, 0.05) is 4.47 Å². The lowest BCUT2D eigenvalue weighted by Crippen LogP contribution is -2.34. The van der Waals surface area contributed by atoms with Crippen LogP contribution in [0.3, 0.4) is 0 Å². The van der Waals surface area contributed by atoms with E-state index in [4.69, 9.17) is 0 Å². The lowest BCUT2D eigenvalue weighted by Gasteiger charge is -2.07. The lowest BCUT2D eigenvalue weighted by atomic mass is 10.1. The molecule has 0 spiro atoms. The van der Waals surface area contributed by atoms with Crippen LogP contribution in [0, 0.1) is 0 Å². The van der Waals surface area contributed by atoms with Gasteiger partial charge >= 0.3 is 0 Å². The molecule has 1 radical (unpaired) electrons. The highest BCUT2D eigenvalue weighted by atomic mass is 79.9. The lowest BCUT2D eigenvalue weighted by molar-refractivity contribution is -0.120. The van der Waals surface area contributed by atoms with Gasteiger partial charge in [-0.3, -0.25) is 9.59 Å². The van der Waals surface area contributed by atoms with Crippen LogP contribution in [0.25, 0.3) is 0 Å². The molecule has 1 rings (SSSR count). The van der Waals surface area contributed by atoms with Gasteiger partial charge in [-0.2, -0.15) is 0 Å². The number of hydrogen-bond acceptors (Lipinski definition) is 2. The minimum Gasteiger partial charge on any atom is -0.346 e. The Balaban J connectivity index is 2.59. The Morgan fingerprint density at radius 3 is 2.80 bits per heavy atom. The van der Waals surface area contributed by atoms with E-state index in [1.54, 1.807) is 13.2 Å². The van der Waals surface area contributed by atoms with E-state index < -0.39 is 6.04 Å². The molecule has 0 unspecified atom stereocenters. The molecule has 0 aromatic heterocycles. The number of halogens is 1. The average Bonchev–Trinajstić information content (AvgIpc) is 2.21. The monoisotopic (exact) mass is 268 g/mol. The van der Waals surface area contributed by atoms with E-state index >= 15 is 0 Å². The standard InChI is InChI=1S/C11H11BrNO2/c1-8(7-14)13-11(15)6-9-4-2-3-5-10(9)12/h2-5,8H,6H2,1H3,(H,13,15)/t8-/m0/s1. The van der Waals surface area contributed by atoms with Crippen LogP contribution in [0.15, 0.2) is 28.7 Å². The summed E-state index contributed by atoms with van der Waals surface area (Å²) in [7, 11) is 0. The minimum atomic E-state index is -0.556. The van der Waals surface area contributed by atoms with E-state index in [0.717, 1.165) is 10.0 Å². The quantitative estimate of drug-likeness (QED) is 0.902. The zero-order valence-electron chi connectivity index (χ0n) is 8.29. The molecule has 0 heterocycles. The summed E-state index contributed by atoms with van der Waals surface area (Å²) in [5, 5.41) is 2.52. The van der Waals surface area contributed by atoms with Gasteiger partial charge in [0.05, 0.1) is 12.5 Å². The fraction of sp³-hybridized carbons (Fsp3) is 0.273. The normalized spacial score (nSPS) is 11.9. The summed E-state index contributed by atoms with van der Waals surface area (Å²) < 4.78 is 0.892. The van der Waals surface area contributed by atoms with E-state index in [2.05, 4.69) is 21.2 Å². The largest absolute Gasteiger partial charge is 0.346 e. The summed E-state index contributed by atoms with van der Waals surface area (Å²) in [5.74, 6) is -0.183. The minimum absolute atomic E-state index is 0.183. The maximum atomic E-state index is 11.4. The summed E-state index contributed by atoms with van der Waals surface area (Å²) >= 11 is 3.35. The Kier molecular flexibility index (Phi) is 4.49. The molecule has 79 valence electrons. The molecule has 1 atom stereocenters. The number of carbonyl (C=O) groups excluding carboxylic acids is 2. The molecule has 0 saturated carbocycles. The molecule has 1 aromatic carbocycles. The number of nitrogens with one attached hydrogen (secondary N) is 1. The third-order valence-electron chi connectivity index (χ3n) is 1.86. The van der Waals surface area contributed by atoms with Gasteiger partial charge in [0.1, 0.15) is 0 Å². The third-order valence-corrected chi connectivity index (χ3v) is 2.64. The van der Waals surface area contributed by atoms with Crippen LogP contribution in [0.5, 0.6) is 0 Å². The maximum absolute atomic E-state index is 11.4. The summed E-state index contributed by atoms with van der Waals surface area (Å²) in [6.45, 7) is 1.59. The summed E-state index contributed by atoms with van der Waals surface area (Å²) in [6, 6.07) is 6.92. The predicted molar refractivity (Wildman–Crippen MR) is 61.1 cm³/mol. The second kappa shape index (κ2) is 5.66. The van der Waals surface area contributed by atoms with Crippen molar-refractivity contribution in [3.05, 3.63) is 34.3 Å². The first-order valence-corrected chi connectivity index (χ1v) is 5.33. The number of benzene rings is 1. The van der Waals surface area contributed by atoms with Crippen molar-refractivity contribution in [1.82, 2.24) is 5.32 Å². The van der Waals surface area contributed by atoms with Crippen LogP contribution in [0.4, 0.5) is 0 Å². The van der Waals surface area contributed by atoms with Gasteiger partial charge in [0.15, 0.2) is 0 Å². The molecule has 1 amide bonds. The Hall–Kier alpha value is -1.16. The molecule has 3 nitrogen and oxygen atoms in total. The average molecular weight is 269 g/mol. The van der Waals surface area contributed by atoms with E-state index in [-0.39, 0.29) is 12.3 Å². The van der Waals surface area contributed by atoms with Gasteiger partial charge in [-0.05, 0) is 18.6 Å².